The summed E-state index contributed by atoms with van der Waals surface area (Å²) in [5.74, 6) is 0.0996. The first-order valence-corrected chi connectivity index (χ1v) is 9.41. The first kappa shape index (κ1) is 19.2. The lowest BCUT2D eigenvalue weighted by Gasteiger charge is -2.35. The molecular formula is C21H24ClN3O2. The summed E-state index contributed by atoms with van der Waals surface area (Å²) in [5, 5.41) is 0.664. The van der Waals surface area contributed by atoms with Gasteiger partial charge in [-0.1, -0.05) is 29.8 Å². The van der Waals surface area contributed by atoms with Crippen LogP contribution in [0.15, 0.2) is 48.5 Å². The molecule has 27 heavy (non-hydrogen) atoms. The van der Waals surface area contributed by atoms with Gasteiger partial charge in [0, 0.05) is 56.5 Å². The van der Waals surface area contributed by atoms with Crippen LogP contribution in [0.3, 0.4) is 0 Å². The zero-order valence-corrected chi connectivity index (χ0v) is 16.4. The standard InChI is InChI=1S/C21H24ClN3O2/c1-23(2)19-5-3-4-17(15-19)21(27)25-12-10-24(11-13-25)20(26)14-16-6-8-18(22)9-7-16/h3-9,15H,10-14H2,1-2H3. The fourth-order valence-corrected chi connectivity index (χ4v) is 3.27. The van der Waals surface area contributed by atoms with E-state index >= 15 is 0 Å². The molecule has 2 amide bonds. The Kier molecular flexibility index (Phi) is 6.01. The highest BCUT2D eigenvalue weighted by Crippen LogP contribution is 2.17. The van der Waals surface area contributed by atoms with Crippen LogP contribution >= 0.6 is 11.6 Å². The predicted molar refractivity (Wildman–Crippen MR) is 108 cm³/mol. The lowest BCUT2D eigenvalue weighted by Crippen LogP contribution is -2.51. The van der Waals surface area contributed by atoms with Gasteiger partial charge in [0.2, 0.25) is 5.91 Å². The lowest BCUT2D eigenvalue weighted by molar-refractivity contribution is -0.131. The molecule has 0 saturated carbocycles. The third kappa shape index (κ3) is 4.80. The minimum atomic E-state index is 0.0171. The van der Waals surface area contributed by atoms with E-state index in [1.807, 2.05) is 65.2 Å². The second kappa shape index (κ2) is 8.44. The molecule has 0 aliphatic carbocycles. The zero-order chi connectivity index (χ0) is 19.4. The van der Waals surface area contributed by atoms with E-state index in [2.05, 4.69) is 0 Å². The molecule has 0 atom stereocenters. The van der Waals surface area contributed by atoms with Crippen molar-refractivity contribution in [2.24, 2.45) is 0 Å². The van der Waals surface area contributed by atoms with Crippen molar-refractivity contribution >= 4 is 29.1 Å². The fourth-order valence-electron chi connectivity index (χ4n) is 3.15. The number of hydrogen-bond acceptors (Lipinski definition) is 3. The molecule has 0 aromatic heterocycles. The molecule has 2 aromatic carbocycles. The number of piperazine rings is 1. The van der Waals surface area contributed by atoms with Gasteiger partial charge in [0.25, 0.3) is 5.91 Å². The number of rotatable bonds is 4. The van der Waals surface area contributed by atoms with E-state index < -0.39 is 0 Å². The van der Waals surface area contributed by atoms with Gasteiger partial charge in [0.05, 0.1) is 6.42 Å². The van der Waals surface area contributed by atoms with Crippen molar-refractivity contribution in [3.63, 3.8) is 0 Å². The van der Waals surface area contributed by atoms with Crippen molar-refractivity contribution < 1.29 is 9.59 Å². The highest BCUT2D eigenvalue weighted by atomic mass is 35.5. The highest BCUT2D eigenvalue weighted by molar-refractivity contribution is 6.30. The maximum Gasteiger partial charge on any atom is 0.254 e. The van der Waals surface area contributed by atoms with Gasteiger partial charge in [-0.05, 0) is 35.9 Å². The van der Waals surface area contributed by atoms with E-state index in [1.165, 1.54) is 0 Å². The first-order chi connectivity index (χ1) is 12.9. The molecule has 0 N–H and O–H groups in total. The van der Waals surface area contributed by atoms with E-state index in [9.17, 15) is 9.59 Å². The molecule has 3 rings (SSSR count). The Morgan fingerprint density at radius 1 is 0.963 bits per heavy atom. The van der Waals surface area contributed by atoms with Gasteiger partial charge in [-0.15, -0.1) is 0 Å². The van der Waals surface area contributed by atoms with Crippen LogP contribution in [0.4, 0.5) is 5.69 Å². The van der Waals surface area contributed by atoms with Crippen LogP contribution < -0.4 is 4.90 Å². The van der Waals surface area contributed by atoms with Crippen LogP contribution in [0.1, 0.15) is 15.9 Å². The van der Waals surface area contributed by atoms with Gasteiger partial charge in [-0.25, -0.2) is 0 Å². The molecule has 0 spiro atoms. The van der Waals surface area contributed by atoms with E-state index in [0.717, 1.165) is 11.3 Å². The minimum Gasteiger partial charge on any atom is -0.378 e. The van der Waals surface area contributed by atoms with E-state index in [1.54, 1.807) is 12.1 Å². The molecule has 1 aliphatic rings. The number of carbonyl (C=O) groups excluding carboxylic acids is 2. The second-order valence-electron chi connectivity index (χ2n) is 6.92. The van der Waals surface area contributed by atoms with Crippen molar-refractivity contribution in [2.75, 3.05) is 45.2 Å². The zero-order valence-electron chi connectivity index (χ0n) is 15.7. The Bertz CT molecular complexity index is 812. The summed E-state index contributed by atoms with van der Waals surface area (Å²) in [5.41, 5.74) is 2.63. The van der Waals surface area contributed by atoms with E-state index in [4.69, 9.17) is 11.6 Å². The summed E-state index contributed by atoms with van der Waals surface area (Å²) in [7, 11) is 3.91. The molecule has 0 bridgehead atoms. The Morgan fingerprint density at radius 2 is 1.59 bits per heavy atom. The van der Waals surface area contributed by atoms with E-state index in [-0.39, 0.29) is 11.8 Å². The third-order valence-electron chi connectivity index (χ3n) is 4.80. The minimum absolute atomic E-state index is 0.0171. The molecule has 1 aliphatic heterocycles. The first-order valence-electron chi connectivity index (χ1n) is 9.03. The quantitative estimate of drug-likeness (QED) is 0.812. The van der Waals surface area contributed by atoms with Gasteiger partial charge in [0.1, 0.15) is 0 Å². The van der Waals surface area contributed by atoms with E-state index in [0.29, 0.717) is 43.2 Å². The van der Waals surface area contributed by atoms with Crippen molar-refractivity contribution in [1.29, 1.82) is 0 Å². The Labute approximate surface area is 165 Å². The lowest BCUT2D eigenvalue weighted by atomic mass is 10.1. The van der Waals surface area contributed by atoms with Crippen LogP contribution in [0.2, 0.25) is 5.02 Å². The third-order valence-corrected chi connectivity index (χ3v) is 5.05. The number of amides is 2. The topological polar surface area (TPSA) is 43.9 Å². The molecule has 142 valence electrons. The molecule has 1 heterocycles. The smallest absolute Gasteiger partial charge is 0.254 e. The number of halogens is 1. The Balaban J connectivity index is 1.56. The number of nitrogens with zero attached hydrogens (tertiary/aromatic N) is 3. The number of hydrogen-bond donors (Lipinski definition) is 0. The van der Waals surface area contributed by atoms with Crippen LogP contribution in [-0.2, 0) is 11.2 Å². The van der Waals surface area contributed by atoms with Crippen molar-refractivity contribution in [2.45, 2.75) is 6.42 Å². The number of anilines is 1. The number of benzene rings is 2. The van der Waals surface area contributed by atoms with Gasteiger partial charge in [-0.2, -0.15) is 0 Å². The highest BCUT2D eigenvalue weighted by Gasteiger charge is 2.25. The summed E-state index contributed by atoms with van der Waals surface area (Å²) < 4.78 is 0. The maximum atomic E-state index is 12.8. The Hall–Kier alpha value is -2.53. The molecule has 5 nitrogen and oxygen atoms in total. The largest absolute Gasteiger partial charge is 0.378 e. The van der Waals surface area contributed by atoms with Crippen LogP contribution in [-0.4, -0.2) is 61.9 Å². The van der Waals surface area contributed by atoms with Crippen LogP contribution in [0, 0.1) is 0 Å². The summed E-state index contributed by atoms with van der Waals surface area (Å²) in [6, 6.07) is 15.0. The molecule has 1 fully saturated rings. The summed E-state index contributed by atoms with van der Waals surface area (Å²) >= 11 is 5.88. The molecule has 0 unspecified atom stereocenters. The van der Waals surface area contributed by atoms with Crippen molar-refractivity contribution in [1.82, 2.24) is 9.80 Å². The fraction of sp³-hybridized carbons (Fsp3) is 0.333. The van der Waals surface area contributed by atoms with Crippen LogP contribution in [0.5, 0.6) is 0 Å². The SMILES string of the molecule is CN(C)c1cccc(C(=O)N2CCN(C(=O)Cc3ccc(Cl)cc3)CC2)c1. The van der Waals surface area contributed by atoms with Gasteiger partial charge >= 0.3 is 0 Å². The molecule has 2 aromatic rings. The molecule has 6 heteroatoms. The van der Waals surface area contributed by atoms with Gasteiger partial charge in [-0.3, -0.25) is 9.59 Å². The average Bonchev–Trinajstić information content (AvgIpc) is 2.69. The second-order valence-corrected chi connectivity index (χ2v) is 7.36. The molecule has 1 saturated heterocycles. The normalized spacial score (nSPS) is 14.2. The average molecular weight is 386 g/mol. The molecule has 0 radical (unpaired) electrons. The number of carbonyl (C=O) groups is 2. The summed E-state index contributed by atoms with van der Waals surface area (Å²) in [4.78, 5) is 30.9. The predicted octanol–water partition coefficient (Wildman–Crippen LogP) is 2.93. The summed E-state index contributed by atoms with van der Waals surface area (Å²) in [6.45, 7) is 2.23. The monoisotopic (exact) mass is 385 g/mol. The maximum absolute atomic E-state index is 12.8. The van der Waals surface area contributed by atoms with Crippen molar-refractivity contribution in [3.05, 3.63) is 64.7 Å². The van der Waals surface area contributed by atoms with Gasteiger partial charge in [0.15, 0.2) is 0 Å². The van der Waals surface area contributed by atoms with Crippen LogP contribution in [0.25, 0.3) is 0 Å². The van der Waals surface area contributed by atoms with Gasteiger partial charge < -0.3 is 14.7 Å². The molecular weight excluding hydrogens is 362 g/mol. The Morgan fingerprint density at radius 3 is 2.22 bits per heavy atom. The summed E-state index contributed by atoms with van der Waals surface area (Å²) in [6.07, 6.45) is 0.357. The van der Waals surface area contributed by atoms with Crippen molar-refractivity contribution in [3.8, 4) is 0 Å².